The molecule has 0 atom stereocenters. The van der Waals surface area contributed by atoms with Crippen molar-refractivity contribution in [2.24, 2.45) is 0 Å². The summed E-state index contributed by atoms with van der Waals surface area (Å²) in [5, 5.41) is 1.00. The molecule has 0 aliphatic heterocycles. The van der Waals surface area contributed by atoms with E-state index in [-0.39, 0.29) is 17.0 Å². The van der Waals surface area contributed by atoms with Gasteiger partial charge >= 0.3 is 0 Å². The maximum atomic E-state index is 3.79. The lowest BCUT2D eigenvalue weighted by Gasteiger charge is -2.35. The van der Waals surface area contributed by atoms with E-state index in [9.17, 15) is 0 Å². The second-order valence-electron chi connectivity index (χ2n) is 3.17. The van der Waals surface area contributed by atoms with Crippen molar-refractivity contribution in [1.29, 1.82) is 0 Å². The minimum absolute atomic E-state index is 0. The van der Waals surface area contributed by atoms with Crippen molar-refractivity contribution in [2.45, 2.75) is 0 Å². The molecule has 0 aliphatic rings. The fourth-order valence-corrected chi connectivity index (χ4v) is 2.25. The molecule has 0 spiro atoms. The minimum Gasteiger partial charge on any atom is -1.00 e. The van der Waals surface area contributed by atoms with Crippen molar-refractivity contribution in [3.8, 4) is 0 Å². The molecule has 0 fully saturated rings. The SMILES string of the molecule is C=CC[N+](CC=C)(CC=C)CCBr.[Br-]. The second-order valence-corrected chi connectivity index (χ2v) is 3.96. The van der Waals surface area contributed by atoms with E-state index in [1.54, 1.807) is 0 Å². The van der Waals surface area contributed by atoms with E-state index >= 15 is 0 Å². The summed E-state index contributed by atoms with van der Waals surface area (Å²) in [5.74, 6) is 0. The van der Waals surface area contributed by atoms with Gasteiger partial charge in [-0.15, -0.1) is 0 Å². The van der Waals surface area contributed by atoms with Crippen LogP contribution in [0.15, 0.2) is 38.0 Å². The summed E-state index contributed by atoms with van der Waals surface area (Å²) in [5.41, 5.74) is 0. The summed E-state index contributed by atoms with van der Waals surface area (Å²) in [6, 6.07) is 0. The third-order valence-electron chi connectivity index (χ3n) is 2.11. The molecule has 0 aliphatic carbocycles. The van der Waals surface area contributed by atoms with Gasteiger partial charge in [0.2, 0.25) is 0 Å². The Labute approximate surface area is 107 Å². The Balaban J connectivity index is 0. The smallest absolute Gasteiger partial charge is 0.0976 e. The lowest BCUT2D eigenvalue weighted by Crippen LogP contribution is -3.00. The first-order valence-corrected chi connectivity index (χ1v) is 5.60. The van der Waals surface area contributed by atoms with Crippen molar-refractivity contribution in [3.63, 3.8) is 0 Å². The Morgan fingerprint density at radius 2 is 1.29 bits per heavy atom. The lowest BCUT2D eigenvalue weighted by atomic mass is 10.3. The second kappa shape index (κ2) is 9.69. The van der Waals surface area contributed by atoms with E-state index in [1.807, 2.05) is 18.2 Å². The summed E-state index contributed by atoms with van der Waals surface area (Å²) in [6.07, 6.45) is 5.90. The Morgan fingerprint density at radius 3 is 1.50 bits per heavy atom. The summed E-state index contributed by atoms with van der Waals surface area (Å²) < 4.78 is 0.974. The molecule has 0 unspecified atom stereocenters. The molecule has 0 saturated heterocycles. The molecule has 0 rings (SSSR count). The third-order valence-corrected chi connectivity index (χ3v) is 2.46. The molecule has 0 aromatic carbocycles. The van der Waals surface area contributed by atoms with Crippen LogP contribution in [-0.2, 0) is 0 Å². The van der Waals surface area contributed by atoms with Crippen LogP contribution in [0.1, 0.15) is 0 Å². The van der Waals surface area contributed by atoms with E-state index in [0.717, 1.165) is 36.0 Å². The molecule has 82 valence electrons. The topological polar surface area (TPSA) is 0 Å². The van der Waals surface area contributed by atoms with E-state index in [1.165, 1.54) is 0 Å². The molecule has 0 N–H and O–H groups in total. The normalized spacial score (nSPS) is 10.1. The number of hydrogen-bond donors (Lipinski definition) is 0. The Bertz CT molecular complexity index is 152. The highest BCUT2D eigenvalue weighted by Gasteiger charge is 2.21. The standard InChI is InChI=1S/C11H19BrN.BrH/c1-4-8-13(9-5-2,10-6-3)11-7-12;/h4-6H,1-3,7-11H2;1H/q+1;/p-1. The van der Waals surface area contributed by atoms with Crippen LogP contribution in [0, 0.1) is 0 Å². The number of hydrogen-bond acceptors (Lipinski definition) is 0. The van der Waals surface area contributed by atoms with Crippen LogP contribution in [-0.4, -0.2) is 36.0 Å². The fraction of sp³-hybridized carbons (Fsp3) is 0.455. The zero-order valence-corrected chi connectivity index (χ0v) is 11.8. The molecule has 3 heteroatoms. The van der Waals surface area contributed by atoms with E-state index < -0.39 is 0 Å². The highest BCUT2D eigenvalue weighted by molar-refractivity contribution is 9.09. The van der Waals surface area contributed by atoms with E-state index in [2.05, 4.69) is 35.7 Å². The van der Waals surface area contributed by atoms with Gasteiger partial charge in [0, 0.05) is 0 Å². The quantitative estimate of drug-likeness (QED) is 0.328. The van der Waals surface area contributed by atoms with Crippen LogP contribution in [0.5, 0.6) is 0 Å². The molecular formula is C11H19Br2N. The molecule has 1 nitrogen and oxygen atoms in total. The Hall–Kier alpha value is 0.140. The molecule has 0 bridgehead atoms. The summed E-state index contributed by atoms with van der Waals surface area (Å²) >= 11 is 3.48. The summed E-state index contributed by atoms with van der Waals surface area (Å²) in [7, 11) is 0. The van der Waals surface area contributed by atoms with Gasteiger partial charge in [-0.2, -0.15) is 0 Å². The average molecular weight is 325 g/mol. The molecule has 0 aromatic rings. The molecule has 0 amide bonds. The maximum Gasteiger partial charge on any atom is 0.0976 e. The summed E-state index contributed by atoms with van der Waals surface area (Å²) in [4.78, 5) is 0. The van der Waals surface area contributed by atoms with Gasteiger partial charge in [-0.25, -0.2) is 0 Å². The van der Waals surface area contributed by atoms with Crippen molar-refractivity contribution in [1.82, 2.24) is 0 Å². The molecule has 0 aromatic heterocycles. The minimum atomic E-state index is 0. The van der Waals surface area contributed by atoms with Gasteiger partial charge in [0.25, 0.3) is 0 Å². The third kappa shape index (κ3) is 5.78. The predicted octanol–water partition coefficient (Wildman–Crippen LogP) is -0.240. The van der Waals surface area contributed by atoms with Crippen LogP contribution in [0.3, 0.4) is 0 Å². The van der Waals surface area contributed by atoms with Crippen LogP contribution in [0.2, 0.25) is 0 Å². The first-order valence-electron chi connectivity index (χ1n) is 4.48. The maximum absolute atomic E-state index is 3.79. The molecule has 0 radical (unpaired) electrons. The van der Waals surface area contributed by atoms with Crippen LogP contribution >= 0.6 is 15.9 Å². The highest BCUT2D eigenvalue weighted by atomic mass is 79.9. The first-order chi connectivity index (χ1) is 6.24. The Morgan fingerprint density at radius 1 is 0.929 bits per heavy atom. The number of nitrogens with zero attached hydrogens (tertiary/aromatic N) is 1. The molecule has 14 heavy (non-hydrogen) atoms. The van der Waals surface area contributed by atoms with Gasteiger partial charge in [0.05, 0.1) is 31.5 Å². The van der Waals surface area contributed by atoms with E-state index in [4.69, 9.17) is 0 Å². The molecular weight excluding hydrogens is 306 g/mol. The van der Waals surface area contributed by atoms with Gasteiger partial charge in [-0.1, -0.05) is 35.7 Å². The first kappa shape index (κ1) is 16.6. The van der Waals surface area contributed by atoms with Crippen LogP contribution in [0.4, 0.5) is 0 Å². The largest absolute Gasteiger partial charge is 1.00 e. The van der Waals surface area contributed by atoms with Crippen LogP contribution in [0.25, 0.3) is 0 Å². The van der Waals surface area contributed by atoms with Gasteiger partial charge in [-0.3, -0.25) is 0 Å². The van der Waals surface area contributed by atoms with Crippen molar-refractivity contribution >= 4 is 15.9 Å². The van der Waals surface area contributed by atoms with Gasteiger partial charge in [0.1, 0.15) is 0 Å². The fourth-order valence-electron chi connectivity index (χ4n) is 1.50. The van der Waals surface area contributed by atoms with E-state index in [0.29, 0.717) is 0 Å². The molecule has 0 heterocycles. The zero-order chi connectivity index (χ0) is 10.2. The number of quaternary nitrogens is 1. The number of halogens is 2. The highest BCUT2D eigenvalue weighted by Crippen LogP contribution is 2.08. The summed E-state index contributed by atoms with van der Waals surface area (Å²) in [6.45, 7) is 15.4. The number of rotatable bonds is 8. The van der Waals surface area contributed by atoms with Gasteiger partial charge in [-0.05, 0) is 18.2 Å². The Kier molecular flexibility index (Phi) is 11.5. The zero-order valence-electron chi connectivity index (χ0n) is 8.59. The van der Waals surface area contributed by atoms with Gasteiger partial charge < -0.3 is 21.5 Å². The lowest BCUT2D eigenvalue weighted by molar-refractivity contribution is -0.909. The molecule has 0 saturated carbocycles. The van der Waals surface area contributed by atoms with Gasteiger partial charge in [0.15, 0.2) is 0 Å². The number of alkyl halides is 1. The van der Waals surface area contributed by atoms with Crippen LogP contribution < -0.4 is 17.0 Å². The van der Waals surface area contributed by atoms with Crippen molar-refractivity contribution in [2.75, 3.05) is 31.5 Å². The van der Waals surface area contributed by atoms with Crippen molar-refractivity contribution in [3.05, 3.63) is 38.0 Å². The average Bonchev–Trinajstić information content (AvgIpc) is 2.06. The predicted molar refractivity (Wildman–Crippen MR) is 64.1 cm³/mol. The monoisotopic (exact) mass is 323 g/mol. The van der Waals surface area contributed by atoms with Crippen molar-refractivity contribution < 1.29 is 21.5 Å².